The summed E-state index contributed by atoms with van der Waals surface area (Å²) in [5.74, 6) is -2.07. The zero-order chi connectivity index (χ0) is 14.8. The van der Waals surface area contributed by atoms with Crippen molar-refractivity contribution in [1.82, 2.24) is 0 Å². The third-order valence-corrected chi connectivity index (χ3v) is 2.38. The first-order valence-electron chi connectivity index (χ1n) is 6.05. The van der Waals surface area contributed by atoms with E-state index in [1.54, 1.807) is 48.5 Å². The summed E-state index contributed by atoms with van der Waals surface area (Å²) in [6, 6.07) is 17.9. The van der Waals surface area contributed by atoms with Gasteiger partial charge in [-0.3, -0.25) is 0 Å². The van der Waals surface area contributed by atoms with Crippen LogP contribution in [0.25, 0.3) is 0 Å². The Hall–Kier alpha value is -1.04. The van der Waals surface area contributed by atoms with E-state index in [0.29, 0.717) is 0 Å². The van der Waals surface area contributed by atoms with Crippen molar-refractivity contribution in [2.45, 2.75) is 12.8 Å². The Kier molecular flexibility index (Phi) is 11.0. The Morgan fingerprint density at radius 2 is 0.952 bits per heavy atom. The first-order chi connectivity index (χ1) is 9.58. The van der Waals surface area contributed by atoms with Crippen LogP contribution in [0.1, 0.15) is 11.1 Å². The van der Waals surface area contributed by atoms with E-state index in [1.807, 2.05) is 12.1 Å². The minimum atomic E-state index is -1.04. The molecule has 0 bridgehead atoms. The monoisotopic (exact) mass is 423 g/mol. The molecule has 109 valence electrons. The van der Waals surface area contributed by atoms with Crippen LogP contribution in [0, 0.1) is 49.4 Å². The summed E-state index contributed by atoms with van der Waals surface area (Å²) in [5, 5.41) is 20.1. The van der Waals surface area contributed by atoms with E-state index in [-0.39, 0.29) is 62.2 Å². The molecular formula is C16H14EuO4. The number of aliphatic carboxylic acids is 2. The maximum absolute atomic E-state index is 10.1. The number of carboxylic acids is 2. The largest absolute Gasteiger partial charge is 2.00 e. The van der Waals surface area contributed by atoms with Gasteiger partial charge in [0.15, 0.2) is 0 Å². The SMILES string of the molecule is O=C([O-])Cc1ccccc1.O=C([O-])Cc1ccccc1.[Eu+2]. The first kappa shape index (κ1) is 20.0. The van der Waals surface area contributed by atoms with Crippen molar-refractivity contribution in [2.24, 2.45) is 0 Å². The Labute approximate surface area is 164 Å². The summed E-state index contributed by atoms with van der Waals surface area (Å²) in [7, 11) is 0. The molecule has 0 atom stereocenters. The number of carboxylic acid groups (broad SMARTS) is 2. The molecule has 21 heavy (non-hydrogen) atoms. The fourth-order valence-electron chi connectivity index (χ4n) is 1.53. The van der Waals surface area contributed by atoms with Crippen LogP contribution in [-0.2, 0) is 22.4 Å². The predicted molar refractivity (Wildman–Crippen MR) is 70.3 cm³/mol. The molecule has 0 unspecified atom stereocenters. The molecule has 5 heteroatoms. The van der Waals surface area contributed by atoms with Crippen molar-refractivity contribution in [3.05, 3.63) is 71.8 Å². The quantitative estimate of drug-likeness (QED) is 0.693. The van der Waals surface area contributed by atoms with Gasteiger partial charge in [0.2, 0.25) is 0 Å². The van der Waals surface area contributed by atoms with Crippen molar-refractivity contribution in [3.63, 3.8) is 0 Å². The van der Waals surface area contributed by atoms with Crippen molar-refractivity contribution in [2.75, 3.05) is 0 Å². The van der Waals surface area contributed by atoms with Crippen LogP contribution >= 0.6 is 0 Å². The molecule has 0 spiro atoms. The second-order valence-corrected chi connectivity index (χ2v) is 4.07. The topological polar surface area (TPSA) is 80.3 Å². The van der Waals surface area contributed by atoms with Gasteiger partial charge in [-0.1, -0.05) is 60.7 Å². The Bertz CT molecular complexity index is 489. The zero-order valence-electron chi connectivity index (χ0n) is 11.2. The van der Waals surface area contributed by atoms with Gasteiger partial charge in [-0.25, -0.2) is 0 Å². The van der Waals surface area contributed by atoms with E-state index in [4.69, 9.17) is 0 Å². The maximum atomic E-state index is 10.1. The van der Waals surface area contributed by atoms with E-state index in [0.717, 1.165) is 11.1 Å². The van der Waals surface area contributed by atoms with E-state index >= 15 is 0 Å². The fraction of sp³-hybridized carbons (Fsp3) is 0.125. The molecule has 2 rings (SSSR count). The molecular weight excluding hydrogens is 408 g/mol. The molecule has 0 aliphatic heterocycles. The standard InChI is InChI=1S/2C8H8O2.Eu/c2*9-8(10)6-7-4-2-1-3-5-7;/h2*1-5H,6H2,(H,9,10);/q;;+2/p-2. The number of hydrogen-bond donors (Lipinski definition) is 0. The summed E-state index contributed by atoms with van der Waals surface area (Å²) >= 11 is 0. The van der Waals surface area contributed by atoms with E-state index < -0.39 is 11.9 Å². The average molecular weight is 422 g/mol. The Morgan fingerprint density at radius 1 is 0.667 bits per heavy atom. The van der Waals surface area contributed by atoms with Crippen LogP contribution < -0.4 is 10.2 Å². The molecule has 0 saturated heterocycles. The number of carbonyl (C=O) groups is 2. The van der Waals surface area contributed by atoms with Crippen LogP contribution in [0.15, 0.2) is 60.7 Å². The maximum Gasteiger partial charge on any atom is 2.00 e. The summed E-state index contributed by atoms with van der Waals surface area (Å²) in [5.41, 5.74) is 1.56. The van der Waals surface area contributed by atoms with Gasteiger partial charge in [-0.05, 0) is 11.1 Å². The van der Waals surface area contributed by atoms with Gasteiger partial charge in [-0.15, -0.1) is 0 Å². The van der Waals surface area contributed by atoms with Crippen LogP contribution in [0.4, 0.5) is 0 Å². The van der Waals surface area contributed by atoms with Crippen LogP contribution in [-0.4, -0.2) is 11.9 Å². The van der Waals surface area contributed by atoms with Crippen LogP contribution in [0.5, 0.6) is 0 Å². The minimum absolute atomic E-state index is 0. The Morgan fingerprint density at radius 3 is 1.19 bits per heavy atom. The fourth-order valence-corrected chi connectivity index (χ4v) is 1.53. The number of rotatable bonds is 4. The minimum Gasteiger partial charge on any atom is -0.550 e. The van der Waals surface area contributed by atoms with Crippen molar-refractivity contribution >= 4 is 11.9 Å². The van der Waals surface area contributed by atoms with Gasteiger partial charge >= 0.3 is 49.4 Å². The van der Waals surface area contributed by atoms with Crippen LogP contribution in [0.3, 0.4) is 0 Å². The summed E-state index contributed by atoms with van der Waals surface area (Å²) in [6.45, 7) is 0. The number of carbonyl (C=O) groups excluding carboxylic acids is 2. The van der Waals surface area contributed by atoms with Gasteiger partial charge in [0.05, 0.1) is 0 Å². The second-order valence-electron chi connectivity index (χ2n) is 4.07. The zero-order valence-corrected chi connectivity index (χ0v) is 13.6. The van der Waals surface area contributed by atoms with Crippen molar-refractivity contribution in [1.29, 1.82) is 0 Å². The van der Waals surface area contributed by atoms with Gasteiger partial charge in [0, 0.05) is 24.8 Å². The molecule has 0 aliphatic rings. The summed E-state index contributed by atoms with van der Waals surface area (Å²) in [4.78, 5) is 20.1. The third kappa shape index (κ3) is 10.3. The summed E-state index contributed by atoms with van der Waals surface area (Å²) < 4.78 is 0. The first-order valence-corrected chi connectivity index (χ1v) is 6.05. The molecule has 4 nitrogen and oxygen atoms in total. The number of hydrogen-bond acceptors (Lipinski definition) is 4. The van der Waals surface area contributed by atoms with Gasteiger partial charge in [0.1, 0.15) is 0 Å². The third-order valence-electron chi connectivity index (χ3n) is 2.38. The van der Waals surface area contributed by atoms with Crippen molar-refractivity contribution in [3.8, 4) is 0 Å². The van der Waals surface area contributed by atoms with Crippen LogP contribution in [0.2, 0.25) is 0 Å². The molecule has 0 saturated carbocycles. The molecule has 0 heterocycles. The molecule has 0 N–H and O–H groups in total. The smallest absolute Gasteiger partial charge is 0.550 e. The second kappa shape index (κ2) is 11.6. The molecule has 0 aromatic heterocycles. The Balaban J connectivity index is 0.000000364. The molecule has 1 radical (unpaired) electrons. The molecule has 2 aromatic carbocycles. The molecule has 2 aromatic rings. The number of benzene rings is 2. The molecule has 0 amide bonds. The van der Waals surface area contributed by atoms with Gasteiger partial charge in [0.25, 0.3) is 0 Å². The normalized spacial score (nSPS) is 8.76. The van der Waals surface area contributed by atoms with Gasteiger partial charge in [-0.2, -0.15) is 0 Å². The van der Waals surface area contributed by atoms with E-state index in [2.05, 4.69) is 0 Å². The molecule has 0 aliphatic carbocycles. The van der Waals surface area contributed by atoms with Gasteiger partial charge < -0.3 is 19.8 Å². The van der Waals surface area contributed by atoms with E-state index in [9.17, 15) is 19.8 Å². The average Bonchev–Trinajstić information content (AvgIpc) is 2.40. The summed E-state index contributed by atoms with van der Waals surface area (Å²) in [6.07, 6.45) is 0.00167. The predicted octanol–water partition coefficient (Wildman–Crippen LogP) is -0.0420. The molecule has 0 fully saturated rings. The van der Waals surface area contributed by atoms with E-state index in [1.165, 1.54) is 0 Å². The van der Waals surface area contributed by atoms with Crippen molar-refractivity contribution < 1.29 is 69.2 Å².